The highest BCUT2D eigenvalue weighted by Crippen LogP contribution is 2.69. The fourth-order valence-electron chi connectivity index (χ4n) is 22.8. The molecular formula is C105H62BN3. The summed E-state index contributed by atoms with van der Waals surface area (Å²) in [6.45, 7) is -0.258. The molecule has 0 amide bonds. The van der Waals surface area contributed by atoms with Crippen LogP contribution in [0.15, 0.2) is 376 Å². The van der Waals surface area contributed by atoms with Gasteiger partial charge in [0.2, 0.25) is 0 Å². The zero-order valence-electron chi connectivity index (χ0n) is 59.2. The van der Waals surface area contributed by atoms with Crippen LogP contribution in [0.3, 0.4) is 0 Å². The van der Waals surface area contributed by atoms with E-state index in [1.54, 1.807) is 0 Å². The Balaban J connectivity index is 0.822. The molecule has 0 bridgehead atoms. The van der Waals surface area contributed by atoms with Gasteiger partial charge in [0, 0.05) is 50.5 Å². The Morgan fingerprint density at radius 1 is 0.211 bits per heavy atom. The Morgan fingerprint density at radius 3 is 1.02 bits per heavy atom. The van der Waals surface area contributed by atoms with E-state index in [1.807, 2.05) is 0 Å². The summed E-state index contributed by atoms with van der Waals surface area (Å²) in [5, 5.41) is 2.44. The Bertz CT molecular complexity index is 6960. The Morgan fingerprint density at radius 2 is 0.569 bits per heavy atom. The molecule has 6 aliphatic carbocycles. The van der Waals surface area contributed by atoms with Gasteiger partial charge in [-0.15, -0.1) is 0 Å². The quantitative estimate of drug-likeness (QED) is 0.163. The van der Waals surface area contributed by atoms with Gasteiger partial charge in [0.25, 0.3) is 6.71 Å². The summed E-state index contributed by atoms with van der Waals surface area (Å²) in [5.41, 5.74) is 45.9. The first-order valence-electron chi connectivity index (χ1n) is 38.4. The number of benzene rings is 17. The molecule has 2 aliphatic heterocycles. The molecule has 0 unspecified atom stereocenters. The highest BCUT2D eigenvalue weighted by molar-refractivity contribution is 7.00. The lowest BCUT2D eigenvalue weighted by molar-refractivity contribution is 0.792. The first-order chi connectivity index (χ1) is 54.1. The van der Waals surface area contributed by atoms with E-state index in [1.165, 1.54) is 177 Å². The number of para-hydroxylation sites is 2. The van der Waals surface area contributed by atoms with Gasteiger partial charge in [-0.2, -0.15) is 0 Å². The molecule has 26 rings (SSSR count). The van der Waals surface area contributed by atoms with Crippen LogP contribution in [0.4, 0.5) is 34.1 Å². The minimum Gasteiger partial charge on any atom is -0.311 e. The Labute approximate surface area is 631 Å². The first kappa shape index (κ1) is 58.5. The van der Waals surface area contributed by atoms with Crippen molar-refractivity contribution in [3.8, 4) is 83.6 Å². The topological polar surface area (TPSA) is 11.4 Å². The molecule has 3 nitrogen and oxygen atoms in total. The van der Waals surface area contributed by atoms with E-state index in [4.69, 9.17) is 0 Å². The van der Waals surface area contributed by atoms with E-state index in [0.717, 1.165) is 45.2 Å². The van der Waals surface area contributed by atoms with E-state index < -0.39 is 16.2 Å². The summed E-state index contributed by atoms with van der Waals surface area (Å²) < 4.78 is 2.57. The number of nitrogens with zero attached hydrogens (tertiary/aromatic N) is 3. The van der Waals surface area contributed by atoms with E-state index in [2.05, 4.69) is 390 Å². The Kier molecular flexibility index (Phi) is 11.2. The van der Waals surface area contributed by atoms with Gasteiger partial charge in [0.1, 0.15) is 0 Å². The maximum Gasteiger partial charge on any atom is 0.252 e. The number of hydrogen-bond donors (Lipinski definition) is 0. The van der Waals surface area contributed by atoms with Crippen molar-refractivity contribution >= 4 is 79.0 Å². The molecule has 0 radical (unpaired) electrons. The number of anilines is 6. The fourth-order valence-corrected chi connectivity index (χ4v) is 22.8. The molecule has 3 heterocycles. The standard InChI is InChI=1S/C105H62BN3/c1-2-26-63(27-3-1)64-50-57-97-94(58-64)106-93-56-53-79-74-34-10-23-47-90(74)105(88-45-21-8-32-72(88)73-33-9-22-46-89(73)105)100(79)102(93)109(66-52-55-92-81(60-66)76-36-12-20-44-87(76)104(92)84-41-17-6-30-70(84)71-31-7-18-42-85(71)104)99-62-67(108-95-48-24-13-37-77(95)78-38-14-25-49-96(78)108)61-98(101(99)106)107(97)65-51-54-91-80(59-65)75-35-11-19-43-86(75)103(91)82-39-15-4-28-68(82)69-29-5-16-40-83(69)103/h1-62H. The number of rotatable bonds is 4. The zero-order valence-corrected chi connectivity index (χ0v) is 59.2. The summed E-state index contributed by atoms with van der Waals surface area (Å²) >= 11 is 0. The highest BCUT2D eigenvalue weighted by Gasteiger charge is 2.58. The molecule has 8 aliphatic rings. The Hall–Kier alpha value is -13.8. The molecule has 18 aromatic rings. The second-order valence-corrected chi connectivity index (χ2v) is 31.1. The molecule has 3 spiro atoms. The molecule has 0 fully saturated rings. The van der Waals surface area contributed by atoms with Crippen LogP contribution in [0.5, 0.6) is 0 Å². The summed E-state index contributed by atoms with van der Waals surface area (Å²) in [5.74, 6) is 0. The van der Waals surface area contributed by atoms with Gasteiger partial charge in [-0.1, -0.05) is 322 Å². The monoisotopic (exact) mass is 1380 g/mol. The molecule has 0 atom stereocenters. The molecule has 17 aromatic carbocycles. The first-order valence-corrected chi connectivity index (χ1v) is 38.4. The largest absolute Gasteiger partial charge is 0.311 e. The van der Waals surface area contributed by atoms with Crippen LogP contribution in [0.2, 0.25) is 0 Å². The maximum atomic E-state index is 2.80. The van der Waals surface area contributed by atoms with Gasteiger partial charge >= 0.3 is 0 Å². The smallest absolute Gasteiger partial charge is 0.252 e. The van der Waals surface area contributed by atoms with Crippen molar-refractivity contribution in [2.75, 3.05) is 9.80 Å². The van der Waals surface area contributed by atoms with Gasteiger partial charge in [0.15, 0.2) is 0 Å². The maximum absolute atomic E-state index is 2.80. The van der Waals surface area contributed by atoms with Gasteiger partial charge in [-0.05, 0) is 210 Å². The molecule has 500 valence electrons. The molecular weight excluding hydrogens is 1310 g/mol. The fraction of sp³-hybridized carbons (Fsp3) is 0.0286. The van der Waals surface area contributed by atoms with Crippen LogP contribution >= 0.6 is 0 Å². The van der Waals surface area contributed by atoms with E-state index in [-0.39, 0.29) is 6.71 Å². The average molecular weight is 1380 g/mol. The summed E-state index contributed by atoms with van der Waals surface area (Å²) in [4.78, 5) is 5.47. The molecule has 1 aromatic heterocycles. The van der Waals surface area contributed by atoms with Crippen molar-refractivity contribution in [2.24, 2.45) is 0 Å². The number of aromatic nitrogens is 1. The third-order valence-electron chi connectivity index (χ3n) is 26.6. The third-order valence-corrected chi connectivity index (χ3v) is 26.6. The number of fused-ring (bicyclic) bond motifs is 38. The van der Waals surface area contributed by atoms with Crippen LogP contribution in [0, 0.1) is 0 Å². The summed E-state index contributed by atoms with van der Waals surface area (Å²) in [6.07, 6.45) is 0. The second-order valence-electron chi connectivity index (χ2n) is 31.1. The summed E-state index contributed by atoms with van der Waals surface area (Å²) in [6, 6.07) is 146. The van der Waals surface area contributed by atoms with Crippen molar-refractivity contribution in [3.05, 3.63) is 443 Å². The molecule has 0 saturated carbocycles. The normalized spacial score (nSPS) is 15.0. The minimum absolute atomic E-state index is 0.258. The van der Waals surface area contributed by atoms with Gasteiger partial charge in [0.05, 0.1) is 33.0 Å². The molecule has 0 N–H and O–H groups in total. The lowest BCUT2D eigenvalue weighted by atomic mass is 9.33. The van der Waals surface area contributed by atoms with Crippen molar-refractivity contribution in [3.63, 3.8) is 0 Å². The van der Waals surface area contributed by atoms with Crippen molar-refractivity contribution < 1.29 is 0 Å². The third kappa shape index (κ3) is 6.96. The van der Waals surface area contributed by atoms with E-state index in [9.17, 15) is 0 Å². The van der Waals surface area contributed by atoms with Crippen molar-refractivity contribution in [1.82, 2.24) is 4.57 Å². The minimum atomic E-state index is -0.716. The summed E-state index contributed by atoms with van der Waals surface area (Å²) in [7, 11) is 0. The molecule has 4 heteroatoms. The predicted octanol–water partition coefficient (Wildman–Crippen LogP) is 23.6. The van der Waals surface area contributed by atoms with Crippen LogP contribution in [-0.2, 0) is 16.2 Å². The van der Waals surface area contributed by atoms with Crippen LogP contribution in [0.25, 0.3) is 105 Å². The van der Waals surface area contributed by atoms with Gasteiger partial charge < -0.3 is 14.4 Å². The number of hydrogen-bond acceptors (Lipinski definition) is 2. The van der Waals surface area contributed by atoms with Crippen molar-refractivity contribution in [1.29, 1.82) is 0 Å². The van der Waals surface area contributed by atoms with Crippen LogP contribution in [-0.4, -0.2) is 11.3 Å². The SMILES string of the molecule is c1ccc(-c2ccc3c(c2)B2c4ccc5c(c4N(c4ccc6c(c4)-c4ccccc4C64c6ccccc6-c6ccccc64)c4cc(-n6c7ccccc7c7ccccc76)cc(c42)N3c2ccc3c(c2)-c2ccccc2C32c3ccccc3-c3ccccc32)C2(c3ccccc3-c3ccccc32)c2ccccc2-5)cc1. The molecule has 0 saturated heterocycles. The lowest BCUT2D eigenvalue weighted by Gasteiger charge is -2.46. The second kappa shape index (κ2) is 20.8. The van der Waals surface area contributed by atoms with E-state index in [0.29, 0.717) is 0 Å². The lowest BCUT2D eigenvalue weighted by Crippen LogP contribution is -2.62. The highest BCUT2D eigenvalue weighted by atomic mass is 15.2. The van der Waals surface area contributed by atoms with Crippen molar-refractivity contribution in [2.45, 2.75) is 16.2 Å². The van der Waals surface area contributed by atoms with Gasteiger partial charge in [-0.3, -0.25) is 0 Å². The van der Waals surface area contributed by atoms with Crippen LogP contribution < -0.4 is 26.2 Å². The van der Waals surface area contributed by atoms with Gasteiger partial charge in [-0.25, -0.2) is 0 Å². The van der Waals surface area contributed by atoms with E-state index >= 15 is 0 Å². The predicted molar refractivity (Wildman–Crippen MR) is 449 cm³/mol. The zero-order chi connectivity index (χ0) is 70.7. The average Bonchev–Trinajstić information content (AvgIpc) is 1.81. The molecule has 109 heavy (non-hydrogen) atoms. The van der Waals surface area contributed by atoms with Crippen LogP contribution in [0.1, 0.15) is 66.8 Å².